The molecule has 2 rings (SSSR count). The molecule has 0 amide bonds. The lowest BCUT2D eigenvalue weighted by Gasteiger charge is -2.25. The van der Waals surface area contributed by atoms with E-state index in [0.717, 1.165) is 25.0 Å². The van der Waals surface area contributed by atoms with Crippen molar-refractivity contribution in [2.45, 2.75) is 18.9 Å². The summed E-state index contributed by atoms with van der Waals surface area (Å²) in [5, 5.41) is 19.9. The third kappa shape index (κ3) is 2.26. The number of hydrogen-bond donors (Lipinski definition) is 1. The number of anilines is 1. The molecule has 1 fully saturated rings. The minimum absolute atomic E-state index is 0.110. The average molecular weight is 275 g/mol. The zero-order valence-corrected chi connectivity index (χ0v) is 10.2. The molecule has 0 aliphatic carbocycles. The highest BCUT2D eigenvalue weighted by Gasteiger charge is 2.30. The fraction of sp³-hybridized carbons (Fsp3) is 0.455. The van der Waals surface area contributed by atoms with Crippen molar-refractivity contribution in [3.05, 3.63) is 33.1 Å². The van der Waals surface area contributed by atoms with Gasteiger partial charge in [-0.2, -0.15) is 0 Å². The maximum absolute atomic E-state index is 13.5. The van der Waals surface area contributed by atoms with Crippen LogP contribution < -0.4 is 4.90 Å². The third-order valence-corrected chi connectivity index (χ3v) is 3.40. The lowest BCUT2D eigenvalue weighted by Crippen LogP contribution is -2.32. The predicted octanol–water partition coefficient (Wildman–Crippen LogP) is 2.35. The molecule has 5 nitrogen and oxygen atoms in total. The van der Waals surface area contributed by atoms with E-state index in [2.05, 4.69) is 0 Å². The summed E-state index contributed by atoms with van der Waals surface area (Å²) >= 11 is 5.56. The maximum Gasteiger partial charge on any atom is 0.294 e. The van der Waals surface area contributed by atoms with Crippen LogP contribution in [-0.4, -0.2) is 29.2 Å². The standard InChI is InChI=1S/C11H12ClFN2O3/c12-8-4-11(15(17)18)10(5-9(8)13)14-3-1-2-7(14)6-16/h4-5,7,16H,1-3,6H2. The third-order valence-electron chi connectivity index (χ3n) is 3.11. The summed E-state index contributed by atoms with van der Waals surface area (Å²) in [5.41, 5.74) is -0.0554. The van der Waals surface area contributed by atoms with Gasteiger partial charge in [0, 0.05) is 18.7 Å². The van der Waals surface area contributed by atoms with E-state index < -0.39 is 10.7 Å². The molecule has 1 aliphatic rings. The Morgan fingerprint density at radius 1 is 1.61 bits per heavy atom. The lowest BCUT2D eigenvalue weighted by atomic mass is 10.2. The molecule has 1 heterocycles. The molecule has 0 spiro atoms. The highest BCUT2D eigenvalue weighted by molar-refractivity contribution is 6.31. The lowest BCUT2D eigenvalue weighted by molar-refractivity contribution is -0.384. The van der Waals surface area contributed by atoms with Crippen LogP contribution in [0.4, 0.5) is 15.8 Å². The van der Waals surface area contributed by atoms with Gasteiger partial charge in [0.25, 0.3) is 5.69 Å². The van der Waals surface area contributed by atoms with Crippen LogP contribution in [0.25, 0.3) is 0 Å². The van der Waals surface area contributed by atoms with Crippen LogP contribution in [0, 0.1) is 15.9 Å². The van der Waals surface area contributed by atoms with Gasteiger partial charge in [0.15, 0.2) is 0 Å². The van der Waals surface area contributed by atoms with Gasteiger partial charge in [-0.05, 0) is 12.8 Å². The molecule has 0 radical (unpaired) electrons. The fourth-order valence-electron chi connectivity index (χ4n) is 2.24. The molecular weight excluding hydrogens is 263 g/mol. The SMILES string of the molecule is O=[N+]([O-])c1cc(Cl)c(F)cc1N1CCCC1CO. The van der Waals surface area contributed by atoms with Crippen LogP contribution in [-0.2, 0) is 0 Å². The summed E-state index contributed by atoms with van der Waals surface area (Å²) < 4.78 is 13.5. The second-order valence-corrected chi connectivity index (χ2v) is 4.59. The molecule has 0 aromatic heterocycles. The number of nitrogens with zero attached hydrogens (tertiary/aromatic N) is 2. The zero-order chi connectivity index (χ0) is 13.3. The summed E-state index contributed by atoms with van der Waals surface area (Å²) in [4.78, 5) is 12.0. The van der Waals surface area contributed by atoms with E-state index in [1.807, 2.05) is 0 Å². The first-order chi connectivity index (χ1) is 8.54. The molecule has 7 heteroatoms. The van der Waals surface area contributed by atoms with Crippen molar-refractivity contribution in [1.29, 1.82) is 0 Å². The van der Waals surface area contributed by atoms with E-state index in [9.17, 15) is 19.6 Å². The zero-order valence-electron chi connectivity index (χ0n) is 9.47. The minimum Gasteiger partial charge on any atom is -0.394 e. The van der Waals surface area contributed by atoms with E-state index in [1.54, 1.807) is 4.90 Å². The smallest absolute Gasteiger partial charge is 0.294 e. The summed E-state index contributed by atoms with van der Waals surface area (Å²) in [6, 6.07) is 1.87. The Bertz CT molecular complexity index is 484. The van der Waals surface area contributed by atoms with Crippen LogP contribution >= 0.6 is 11.6 Å². The van der Waals surface area contributed by atoms with Crippen molar-refractivity contribution in [2.24, 2.45) is 0 Å². The molecule has 1 N–H and O–H groups in total. The summed E-state index contributed by atoms with van der Waals surface area (Å²) in [6.45, 7) is 0.453. The van der Waals surface area contributed by atoms with E-state index in [0.29, 0.717) is 6.54 Å². The van der Waals surface area contributed by atoms with E-state index in [1.165, 1.54) is 0 Å². The number of aliphatic hydroxyl groups excluding tert-OH is 1. The van der Waals surface area contributed by atoms with Crippen molar-refractivity contribution in [2.75, 3.05) is 18.1 Å². The Labute approximate surface area is 108 Å². The van der Waals surface area contributed by atoms with E-state index >= 15 is 0 Å². The number of benzene rings is 1. The molecule has 1 aromatic carbocycles. The van der Waals surface area contributed by atoms with Gasteiger partial charge in [0.1, 0.15) is 11.5 Å². The number of aliphatic hydroxyl groups is 1. The van der Waals surface area contributed by atoms with E-state index in [-0.39, 0.29) is 29.0 Å². The molecule has 1 aromatic rings. The van der Waals surface area contributed by atoms with Gasteiger partial charge < -0.3 is 10.0 Å². The van der Waals surface area contributed by atoms with Crippen LogP contribution in [0.5, 0.6) is 0 Å². The monoisotopic (exact) mass is 274 g/mol. The molecule has 1 atom stereocenters. The molecule has 18 heavy (non-hydrogen) atoms. The normalized spacial score (nSPS) is 19.3. The molecular formula is C11H12ClFN2O3. The Morgan fingerprint density at radius 3 is 2.94 bits per heavy atom. The summed E-state index contributed by atoms with van der Waals surface area (Å²) in [6.07, 6.45) is 1.55. The summed E-state index contributed by atoms with van der Waals surface area (Å²) in [5.74, 6) is -0.694. The first kappa shape index (κ1) is 13.0. The van der Waals surface area contributed by atoms with Crippen molar-refractivity contribution >= 4 is 23.0 Å². The molecule has 0 saturated carbocycles. The predicted molar refractivity (Wildman–Crippen MR) is 65.5 cm³/mol. The molecule has 98 valence electrons. The Balaban J connectivity index is 2.48. The van der Waals surface area contributed by atoms with Crippen molar-refractivity contribution in [3.8, 4) is 0 Å². The van der Waals surface area contributed by atoms with Crippen molar-refractivity contribution < 1.29 is 14.4 Å². The maximum atomic E-state index is 13.5. The number of rotatable bonds is 3. The first-order valence-corrected chi connectivity index (χ1v) is 5.93. The number of halogens is 2. The van der Waals surface area contributed by atoms with Gasteiger partial charge in [-0.3, -0.25) is 10.1 Å². The fourth-order valence-corrected chi connectivity index (χ4v) is 2.40. The van der Waals surface area contributed by atoms with Crippen molar-refractivity contribution in [3.63, 3.8) is 0 Å². The Morgan fingerprint density at radius 2 is 2.33 bits per heavy atom. The second-order valence-electron chi connectivity index (χ2n) is 4.18. The van der Waals surface area contributed by atoms with Crippen LogP contribution in [0.3, 0.4) is 0 Å². The second kappa shape index (κ2) is 5.07. The van der Waals surface area contributed by atoms with E-state index in [4.69, 9.17) is 11.6 Å². The molecule has 1 aliphatic heterocycles. The van der Waals surface area contributed by atoms with Crippen LogP contribution in [0.1, 0.15) is 12.8 Å². The van der Waals surface area contributed by atoms with Crippen LogP contribution in [0.15, 0.2) is 12.1 Å². The Kier molecular flexibility index (Phi) is 3.68. The highest BCUT2D eigenvalue weighted by atomic mass is 35.5. The molecule has 1 saturated heterocycles. The van der Waals surface area contributed by atoms with Crippen LogP contribution in [0.2, 0.25) is 5.02 Å². The molecule has 1 unspecified atom stereocenters. The number of nitro benzene ring substituents is 1. The minimum atomic E-state index is -0.694. The van der Waals surface area contributed by atoms with Gasteiger partial charge in [-0.15, -0.1) is 0 Å². The quantitative estimate of drug-likeness (QED) is 0.679. The highest BCUT2D eigenvalue weighted by Crippen LogP contribution is 2.36. The topological polar surface area (TPSA) is 66.6 Å². The summed E-state index contributed by atoms with van der Waals surface area (Å²) in [7, 11) is 0. The number of hydrogen-bond acceptors (Lipinski definition) is 4. The van der Waals surface area contributed by atoms with Gasteiger partial charge >= 0.3 is 0 Å². The van der Waals surface area contributed by atoms with Gasteiger partial charge in [0.2, 0.25) is 0 Å². The Hall–Kier alpha value is -1.40. The van der Waals surface area contributed by atoms with Gasteiger partial charge in [-0.1, -0.05) is 11.6 Å². The number of nitro groups is 1. The van der Waals surface area contributed by atoms with Gasteiger partial charge in [-0.25, -0.2) is 4.39 Å². The van der Waals surface area contributed by atoms with Gasteiger partial charge in [0.05, 0.1) is 22.6 Å². The average Bonchev–Trinajstić information content (AvgIpc) is 2.79. The van der Waals surface area contributed by atoms with Crippen molar-refractivity contribution in [1.82, 2.24) is 0 Å². The molecule has 0 bridgehead atoms. The largest absolute Gasteiger partial charge is 0.394 e. The first-order valence-electron chi connectivity index (χ1n) is 5.55.